The number of benzene rings is 2. The molecular weight excluding hydrogens is 291 g/mol. The number of carbonyl (C=O) groups is 1. The van der Waals surface area contributed by atoms with Crippen molar-refractivity contribution in [3.8, 4) is 5.75 Å². The van der Waals surface area contributed by atoms with Gasteiger partial charge >= 0.3 is 0 Å². The fraction of sp³-hybridized carbons (Fsp3) is 0.316. The predicted octanol–water partition coefficient (Wildman–Crippen LogP) is 4.53. The second kappa shape index (κ2) is 7.07. The van der Waals surface area contributed by atoms with Gasteiger partial charge in [-0.2, -0.15) is 0 Å². The maximum atomic E-state index is 11.9. The highest BCUT2D eigenvalue weighted by Gasteiger charge is 2.29. The van der Waals surface area contributed by atoms with Gasteiger partial charge in [-0.3, -0.25) is 4.79 Å². The summed E-state index contributed by atoms with van der Waals surface area (Å²) in [7, 11) is 2.23. The molecule has 3 heteroatoms. The third-order valence-corrected chi connectivity index (χ3v) is 6.01. The van der Waals surface area contributed by atoms with Crippen LogP contribution in [0.3, 0.4) is 0 Å². The van der Waals surface area contributed by atoms with E-state index in [0.29, 0.717) is 8.58 Å². The Morgan fingerprint density at radius 1 is 1.14 bits per heavy atom. The molecule has 0 N–H and O–H groups in total. The van der Waals surface area contributed by atoms with E-state index in [1.807, 2.05) is 36.4 Å². The number of rotatable bonds is 6. The molecule has 2 aromatic rings. The van der Waals surface area contributed by atoms with E-state index in [2.05, 4.69) is 26.0 Å². The lowest BCUT2D eigenvalue weighted by atomic mass is 9.96. The van der Waals surface area contributed by atoms with Crippen LogP contribution in [0.2, 0.25) is 0 Å². The molecule has 0 aliphatic rings. The van der Waals surface area contributed by atoms with Crippen molar-refractivity contribution in [2.75, 3.05) is 7.11 Å². The van der Waals surface area contributed by atoms with E-state index in [0.717, 1.165) is 23.0 Å². The number of hydrogen-bond acceptors (Lipinski definition) is 2. The first-order valence-corrected chi connectivity index (χ1v) is 8.53. The zero-order chi connectivity index (χ0) is 16.2. The fourth-order valence-corrected chi connectivity index (χ4v) is 4.33. The van der Waals surface area contributed by atoms with Crippen molar-refractivity contribution in [3.05, 3.63) is 59.7 Å². The molecule has 2 nitrogen and oxygen atoms in total. The molecule has 0 aromatic heterocycles. The smallest absolute Gasteiger partial charge is 0.160 e. The molecule has 2 aromatic carbocycles. The van der Waals surface area contributed by atoms with Crippen LogP contribution in [0.25, 0.3) is 0 Å². The largest absolute Gasteiger partial charge is 0.496 e. The number of ketones is 1. The van der Waals surface area contributed by atoms with Gasteiger partial charge in [0.05, 0.1) is 7.11 Å². The first-order valence-electron chi connectivity index (χ1n) is 7.53. The SMILES string of the molecule is CCC(C)(Pc1ccccc1C(C)=O)c1ccccc1OC. The average molecular weight is 314 g/mol. The number of ether oxygens (including phenoxy) is 1. The first kappa shape index (κ1) is 16.7. The van der Waals surface area contributed by atoms with E-state index in [1.165, 1.54) is 5.56 Å². The molecule has 22 heavy (non-hydrogen) atoms. The monoisotopic (exact) mass is 314 g/mol. The molecule has 0 saturated heterocycles. The van der Waals surface area contributed by atoms with Crippen LogP contribution < -0.4 is 10.0 Å². The van der Waals surface area contributed by atoms with Crippen LogP contribution in [0.4, 0.5) is 0 Å². The highest BCUT2D eigenvalue weighted by atomic mass is 31.1. The van der Waals surface area contributed by atoms with Gasteiger partial charge < -0.3 is 4.74 Å². The van der Waals surface area contributed by atoms with Crippen molar-refractivity contribution in [1.29, 1.82) is 0 Å². The van der Waals surface area contributed by atoms with Crippen LogP contribution in [0.1, 0.15) is 43.1 Å². The van der Waals surface area contributed by atoms with Crippen molar-refractivity contribution in [3.63, 3.8) is 0 Å². The molecule has 2 atom stereocenters. The number of carbonyl (C=O) groups excluding carboxylic acids is 1. The Kier molecular flexibility index (Phi) is 5.37. The lowest BCUT2D eigenvalue weighted by Crippen LogP contribution is -2.21. The third kappa shape index (κ3) is 3.39. The van der Waals surface area contributed by atoms with E-state index in [1.54, 1.807) is 14.0 Å². The minimum absolute atomic E-state index is 0.0435. The van der Waals surface area contributed by atoms with Gasteiger partial charge in [0.15, 0.2) is 5.78 Å². The third-order valence-electron chi connectivity index (χ3n) is 4.13. The lowest BCUT2D eigenvalue weighted by Gasteiger charge is -2.31. The number of Topliss-reactive ketones (excluding diaryl/α,β-unsaturated/α-hetero) is 1. The lowest BCUT2D eigenvalue weighted by molar-refractivity contribution is 0.101. The van der Waals surface area contributed by atoms with Gasteiger partial charge in [-0.25, -0.2) is 0 Å². The van der Waals surface area contributed by atoms with E-state index in [9.17, 15) is 4.79 Å². The molecule has 0 fully saturated rings. The van der Waals surface area contributed by atoms with Crippen molar-refractivity contribution in [2.24, 2.45) is 0 Å². The average Bonchev–Trinajstić information content (AvgIpc) is 2.55. The normalized spacial score (nSPS) is 14.0. The summed E-state index contributed by atoms with van der Waals surface area (Å²) in [6.45, 7) is 6.08. The second-order valence-corrected chi connectivity index (χ2v) is 7.50. The molecule has 0 amide bonds. The Hall–Kier alpha value is -1.66. The summed E-state index contributed by atoms with van der Waals surface area (Å²) in [6, 6.07) is 16.1. The summed E-state index contributed by atoms with van der Waals surface area (Å²) in [5.74, 6) is 1.04. The van der Waals surface area contributed by atoms with Crippen LogP contribution >= 0.6 is 8.58 Å². The predicted molar refractivity (Wildman–Crippen MR) is 95.0 cm³/mol. The van der Waals surface area contributed by atoms with Crippen molar-refractivity contribution in [1.82, 2.24) is 0 Å². The maximum absolute atomic E-state index is 11.9. The summed E-state index contributed by atoms with van der Waals surface area (Å²) in [6.07, 6.45) is 0.984. The van der Waals surface area contributed by atoms with Crippen molar-refractivity contribution < 1.29 is 9.53 Å². The van der Waals surface area contributed by atoms with E-state index < -0.39 is 0 Å². The zero-order valence-corrected chi connectivity index (χ0v) is 14.6. The highest BCUT2D eigenvalue weighted by molar-refractivity contribution is 7.48. The van der Waals surface area contributed by atoms with Gasteiger partial charge in [0.1, 0.15) is 5.75 Å². The molecule has 0 bridgehead atoms. The molecule has 0 aliphatic carbocycles. The van der Waals surface area contributed by atoms with Crippen LogP contribution in [-0.2, 0) is 5.16 Å². The minimum Gasteiger partial charge on any atom is -0.496 e. The highest BCUT2D eigenvalue weighted by Crippen LogP contribution is 2.47. The van der Waals surface area contributed by atoms with Gasteiger partial charge in [0, 0.05) is 16.3 Å². The van der Waals surface area contributed by atoms with Gasteiger partial charge in [0.2, 0.25) is 0 Å². The van der Waals surface area contributed by atoms with Crippen LogP contribution in [0.15, 0.2) is 48.5 Å². The molecule has 0 heterocycles. The summed E-state index contributed by atoms with van der Waals surface area (Å²) < 4.78 is 5.55. The first-order chi connectivity index (χ1) is 10.5. The summed E-state index contributed by atoms with van der Waals surface area (Å²) >= 11 is 0. The quantitative estimate of drug-likeness (QED) is 0.578. The Morgan fingerprint density at radius 3 is 2.41 bits per heavy atom. The Labute approximate surface area is 134 Å². The van der Waals surface area contributed by atoms with Gasteiger partial charge in [-0.15, -0.1) is 0 Å². The zero-order valence-electron chi connectivity index (χ0n) is 13.6. The fourth-order valence-electron chi connectivity index (χ4n) is 2.64. The minimum atomic E-state index is -0.0435. The molecule has 2 rings (SSSR count). The Bertz CT molecular complexity index is 666. The molecule has 0 saturated carbocycles. The van der Waals surface area contributed by atoms with Gasteiger partial charge in [0.25, 0.3) is 0 Å². The molecule has 0 aliphatic heterocycles. The van der Waals surface area contributed by atoms with E-state index in [-0.39, 0.29) is 10.9 Å². The topological polar surface area (TPSA) is 26.3 Å². The number of methoxy groups -OCH3 is 1. The van der Waals surface area contributed by atoms with Gasteiger partial charge in [-0.1, -0.05) is 64.9 Å². The second-order valence-electron chi connectivity index (χ2n) is 5.61. The van der Waals surface area contributed by atoms with Crippen LogP contribution in [-0.4, -0.2) is 12.9 Å². The van der Waals surface area contributed by atoms with E-state index in [4.69, 9.17) is 4.74 Å². The molecule has 2 unspecified atom stereocenters. The Morgan fingerprint density at radius 2 is 1.77 bits per heavy atom. The van der Waals surface area contributed by atoms with Crippen molar-refractivity contribution in [2.45, 2.75) is 32.3 Å². The molecule has 116 valence electrons. The summed E-state index contributed by atoms with van der Waals surface area (Å²) in [4.78, 5) is 11.9. The van der Waals surface area contributed by atoms with E-state index >= 15 is 0 Å². The number of hydrogen-bond donors (Lipinski definition) is 0. The van der Waals surface area contributed by atoms with Crippen LogP contribution in [0.5, 0.6) is 5.75 Å². The van der Waals surface area contributed by atoms with Gasteiger partial charge in [-0.05, 0) is 24.7 Å². The summed E-state index contributed by atoms with van der Waals surface area (Å²) in [5, 5.41) is 1.09. The van der Waals surface area contributed by atoms with Crippen molar-refractivity contribution >= 4 is 19.7 Å². The standard InChI is InChI=1S/C19H23O2P/c1-5-19(3,16-11-7-8-12-17(16)21-4)22-18-13-9-6-10-15(18)14(2)20/h6-13,22H,5H2,1-4H3. The molecule has 0 spiro atoms. The molecule has 0 radical (unpaired) electrons. The maximum Gasteiger partial charge on any atom is 0.160 e. The Balaban J connectivity index is 2.46. The number of para-hydroxylation sites is 1. The van der Waals surface area contributed by atoms with Crippen LogP contribution in [0, 0.1) is 0 Å². The summed E-state index contributed by atoms with van der Waals surface area (Å²) in [5.41, 5.74) is 2.03. The molecular formula is C19H23O2P.